The monoisotopic (exact) mass is 192 g/mol. The summed E-state index contributed by atoms with van der Waals surface area (Å²) >= 11 is 0. The molecule has 0 atom stereocenters. The number of imidazole rings is 1. The summed E-state index contributed by atoms with van der Waals surface area (Å²) in [7, 11) is 0. The second-order valence-corrected chi connectivity index (χ2v) is 1.92. The Bertz CT molecular complexity index is 377. The fourth-order valence-electron chi connectivity index (χ4n) is 0.602. The Balaban J connectivity index is 0.00000169. The summed E-state index contributed by atoms with van der Waals surface area (Å²) in [6.07, 6.45) is -4.71. The van der Waals surface area contributed by atoms with Crippen LogP contribution < -0.4 is 23.8 Å². The predicted octanol–water partition coefficient (Wildman–Crippen LogP) is -0.837. The van der Waals surface area contributed by atoms with Gasteiger partial charge in [0.05, 0.1) is 0 Å². The van der Waals surface area contributed by atoms with Gasteiger partial charge in [-0.1, -0.05) is 6.57 Å². The van der Waals surface area contributed by atoms with Gasteiger partial charge in [0.1, 0.15) is 5.82 Å². The van der Waals surface area contributed by atoms with Crippen molar-refractivity contribution < 1.29 is 32.0 Å². The van der Waals surface area contributed by atoms with E-state index in [9.17, 15) is 13.2 Å². The predicted molar refractivity (Wildman–Crippen MR) is 35.1 cm³/mol. The Morgan fingerprint density at radius 2 is 1.79 bits per heavy atom. The van der Waals surface area contributed by atoms with Crippen LogP contribution in [0.4, 0.5) is 24.8 Å². The summed E-state index contributed by atoms with van der Waals surface area (Å²) in [4.78, 5) is 11.0. The largest absolute Gasteiger partial charge is 1.00 e. The standard InChI is InChI=1S/C6F3N4.Li/c1-10-3-4(11-2)13-5(12-3)6(7,8)9;/q-1;+1. The van der Waals surface area contributed by atoms with Crippen molar-refractivity contribution in [2.75, 3.05) is 0 Å². The van der Waals surface area contributed by atoms with E-state index in [1.54, 1.807) is 0 Å². The second kappa shape index (κ2) is 4.19. The van der Waals surface area contributed by atoms with E-state index in [4.69, 9.17) is 13.1 Å². The number of hydrogen-bond acceptors (Lipinski definition) is 1. The molecule has 0 aromatic carbocycles. The molecule has 0 saturated carbocycles. The Morgan fingerprint density at radius 3 is 2.07 bits per heavy atom. The van der Waals surface area contributed by atoms with Crippen LogP contribution in [0.1, 0.15) is 5.82 Å². The number of alkyl halides is 3. The molecule has 0 radical (unpaired) electrons. The molecule has 1 heterocycles. The van der Waals surface area contributed by atoms with Crippen molar-refractivity contribution >= 4 is 11.6 Å². The zero-order chi connectivity index (χ0) is 10.1. The third-order valence-electron chi connectivity index (χ3n) is 1.09. The van der Waals surface area contributed by atoms with Crippen LogP contribution in [0, 0.1) is 13.1 Å². The minimum absolute atomic E-state index is 0. The summed E-state index contributed by atoms with van der Waals surface area (Å²) in [5, 5.41) is 0. The second-order valence-electron chi connectivity index (χ2n) is 1.92. The van der Waals surface area contributed by atoms with E-state index in [0.717, 1.165) is 0 Å². The van der Waals surface area contributed by atoms with Crippen LogP contribution >= 0.6 is 0 Å². The molecule has 0 N–H and O–H groups in total. The first-order valence-corrected chi connectivity index (χ1v) is 2.86. The van der Waals surface area contributed by atoms with Gasteiger partial charge in [0.15, 0.2) is 0 Å². The van der Waals surface area contributed by atoms with E-state index in [0.29, 0.717) is 0 Å². The fourth-order valence-corrected chi connectivity index (χ4v) is 0.602. The summed E-state index contributed by atoms with van der Waals surface area (Å²) < 4.78 is 35.8. The van der Waals surface area contributed by atoms with E-state index in [2.05, 4.69) is 19.7 Å². The molecule has 1 rings (SSSR count). The molecule has 0 aliphatic heterocycles. The molecule has 8 heteroatoms. The molecule has 1 aromatic rings. The SMILES string of the molecule is [C-]#[N+]c1nc(C(F)(F)F)[n-]c1[N+]#[C-].[Li+]. The number of nitrogens with zero attached hydrogens (tertiary/aromatic N) is 4. The first kappa shape index (κ1) is 12.6. The third-order valence-corrected chi connectivity index (χ3v) is 1.09. The molecule has 0 amide bonds. The molecule has 0 spiro atoms. The normalized spacial score (nSPS) is 9.79. The zero-order valence-electron chi connectivity index (χ0n) is 6.92. The van der Waals surface area contributed by atoms with Crippen molar-refractivity contribution in [2.24, 2.45) is 0 Å². The van der Waals surface area contributed by atoms with Crippen molar-refractivity contribution in [1.29, 1.82) is 0 Å². The van der Waals surface area contributed by atoms with Crippen molar-refractivity contribution in [2.45, 2.75) is 6.18 Å². The van der Waals surface area contributed by atoms with Crippen molar-refractivity contribution in [3.05, 3.63) is 28.7 Å². The summed E-state index contributed by atoms with van der Waals surface area (Å²) in [6.45, 7) is 12.8. The van der Waals surface area contributed by atoms with Gasteiger partial charge in [-0.25, -0.2) is 6.57 Å². The Hall–Kier alpha value is -1.42. The van der Waals surface area contributed by atoms with Gasteiger partial charge in [0.25, 0.3) is 0 Å². The van der Waals surface area contributed by atoms with Gasteiger partial charge in [-0.15, -0.1) is 0 Å². The van der Waals surface area contributed by atoms with Crippen LogP contribution in [0.2, 0.25) is 0 Å². The van der Waals surface area contributed by atoms with Crippen LogP contribution in [0.5, 0.6) is 0 Å². The van der Waals surface area contributed by atoms with Crippen molar-refractivity contribution in [1.82, 2.24) is 9.97 Å². The number of aromatic nitrogens is 2. The van der Waals surface area contributed by atoms with E-state index in [1.807, 2.05) is 0 Å². The molecular weight excluding hydrogens is 192 g/mol. The first-order chi connectivity index (χ1) is 5.99. The quantitative estimate of drug-likeness (QED) is 0.397. The van der Waals surface area contributed by atoms with Crippen molar-refractivity contribution in [3.8, 4) is 0 Å². The van der Waals surface area contributed by atoms with E-state index < -0.39 is 23.6 Å². The number of halogens is 3. The first-order valence-electron chi connectivity index (χ1n) is 2.86. The Morgan fingerprint density at radius 1 is 1.21 bits per heavy atom. The molecule has 0 unspecified atom stereocenters. The molecule has 1 aromatic heterocycles. The van der Waals surface area contributed by atoms with Crippen LogP contribution in [0.25, 0.3) is 9.69 Å². The van der Waals surface area contributed by atoms with E-state index in [1.165, 1.54) is 0 Å². The maximum atomic E-state index is 11.9. The van der Waals surface area contributed by atoms with Crippen LogP contribution in [0.3, 0.4) is 0 Å². The molecule has 66 valence electrons. The average Bonchev–Trinajstić information content (AvgIpc) is 2.45. The van der Waals surface area contributed by atoms with Gasteiger partial charge in [-0.3, -0.25) is 4.98 Å². The third kappa shape index (κ3) is 2.29. The molecule has 4 nitrogen and oxygen atoms in total. The van der Waals surface area contributed by atoms with Gasteiger partial charge in [-0.2, -0.15) is 13.2 Å². The molecule has 0 aliphatic carbocycles. The minimum atomic E-state index is -4.71. The van der Waals surface area contributed by atoms with Crippen LogP contribution in [-0.2, 0) is 6.18 Å². The maximum Gasteiger partial charge on any atom is 1.00 e. The van der Waals surface area contributed by atoms with Gasteiger partial charge in [0, 0.05) is 5.82 Å². The number of rotatable bonds is 0. The Kier molecular flexibility index (Phi) is 3.77. The summed E-state index contributed by atoms with van der Waals surface area (Å²) in [5.74, 6) is -2.66. The maximum absolute atomic E-state index is 11.9. The zero-order valence-corrected chi connectivity index (χ0v) is 6.92. The fraction of sp³-hybridized carbons (Fsp3) is 0.167. The Labute approximate surface area is 89.0 Å². The summed E-state index contributed by atoms with van der Waals surface area (Å²) in [6, 6.07) is 0. The molecule has 14 heavy (non-hydrogen) atoms. The van der Waals surface area contributed by atoms with Gasteiger partial charge < -0.3 is 14.7 Å². The van der Waals surface area contributed by atoms with Gasteiger partial charge in [0.2, 0.25) is 5.82 Å². The van der Waals surface area contributed by atoms with Crippen LogP contribution in [-0.4, -0.2) is 4.98 Å². The molecular formula is C6F3LiN4. The molecule has 0 bridgehead atoms. The average molecular weight is 192 g/mol. The molecule has 0 fully saturated rings. The van der Waals surface area contributed by atoms with E-state index in [-0.39, 0.29) is 18.9 Å². The van der Waals surface area contributed by atoms with Gasteiger partial charge in [-0.05, 0) is 0 Å². The molecule has 0 aliphatic rings. The number of hydrogen-bond donors (Lipinski definition) is 0. The topological polar surface area (TPSA) is 35.7 Å². The van der Waals surface area contributed by atoms with E-state index >= 15 is 0 Å². The summed E-state index contributed by atoms with van der Waals surface area (Å²) in [5.41, 5.74) is 0. The molecule has 0 saturated heterocycles. The smallest absolute Gasteiger partial charge is 0.562 e. The minimum Gasteiger partial charge on any atom is -0.562 e. The van der Waals surface area contributed by atoms with Crippen molar-refractivity contribution in [3.63, 3.8) is 0 Å². The van der Waals surface area contributed by atoms with Gasteiger partial charge >= 0.3 is 25.0 Å². The van der Waals surface area contributed by atoms with Crippen LogP contribution in [0.15, 0.2) is 0 Å².